The zero-order chi connectivity index (χ0) is 12.8. The number of nitrogens with zero attached hydrogens (tertiary/aromatic N) is 3. The predicted molar refractivity (Wildman–Crippen MR) is 69.7 cm³/mol. The fourth-order valence-electron chi connectivity index (χ4n) is 2.22. The molecule has 18 heavy (non-hydrogen) atoms. The van der Waals surface area contributed by atoms with Gasteiger partial charge in [0.1, 0.15) is 0 Å². The van der Waals surface area contributed by atoms with E-state index >= 15 is 0 Å². The molecule has 0 spiro atoms. The summed E-state index contributed by atoms with van der Waals surface area (Å²) in [6, 6.07) is 0.433. The van der Waals surface area contributed by atoms with Crippen molar-refractivity contribution in [1.82, 2.24) is 20.5 Å². The monoisotopic (exact) mass is 250 g/mol. The second kappa shape index (κ2) is 6.64. The van der Waals surface area contributed by atoms with Crippen molar-refractivity contribution >= 4 is 0 Å². The standard InChI is InChI=1S/C13H22N4O/c1-3-11-12(4-2)16-17-13(15-11)18-9-10-5-7-14-8-6-10/h10,14H,3-9H2,1-2H3. The summed E-state index contributed by atoms with van der Waals surface area (Å²) in [5, 5.41) is 11.6. The Hall–Kier alpha value is -1.23. The van der Waals surface area contributed by atoms with E-state index in [1.165, 1.54) is 12.8 Å². The number of piperidine rings is 1. The topological polar surface area (TPSA) is 59.9 Å². The molecular weight excluding hydrogens is 228 g/mol. The minimum absolute atomic E-state index is 0.433. The molecule has 0 aliphatic carbocycles. The molecular formula is C13H22N4O. The fourth-order valence-corrected chi connectivity index (χ4v) is 2.22. The van der Waals surface area contributed by atoms with Crippen LogP contribution in [0.15, 0.2) is 0 Å². The Kier molecular flexibility index (Phi) is 4.87. The molecule has 5 nitrogen and oxygen atoms in total. The van der Waals surface area contributed by atoms with Gasteiger partial charge in [-0.05, 0) is 44.7 Å². The lowest BCUT2D eigenvalue weighted by Crippen LogP contribution is -2.30. The molecule has 0 bridgehead atoms. The van der Waals surface area contributed by atoms with Crippen LogP contribution in [-0.2, 0) is 12.8 Å². The fraction of sp³-hybridized carbons (Fsp3) is 0.769. The molecule has 1 N–H and O–H groups in total. The van der Waals surface area contributed by atoms with E-state index in [1.807, 2.05) is 0 Å². The van der Waals surface area contributed by atoms with Crippen molar-refractivity contribution in [2.24, 2.45) is 5.92 Å². The molecule has 5 heteroatoms. The van der Waals surface area contributed by atoms with Gasteiger partial charge >= 0.3 is 6.01 Å². The van der Waals surface area contributed by atoms with Crippen LogP contribution in [0.5, 0.6) is 6.01 Å². The number of ether oxygens (including phenoxy) is 1. The number of hydrogen-bond acceptors (Lipinski definition) is 5. The van der Waals surface area contributed by atoms with Gasteiger partial charge in [-0.3, -0.25) is 0 Å². The first kappa shape index (κ1) is 13.2. The highest BCUT2D eigenvalue weighted by Crippen LogP contribution is 2.14. The van der Waals surface area contributed by atoms with E-state index in [2.05, 4.69) is 34.3 Å². The molecule has 2 rings (SSSR count). The SMILES string of the molecule is CCc1nnc(OCC2CCNCC2)nc1CC. The van der Waals surface area contributed by atoms with E-state index in [9.17, 15) is 0 Å². The molecule has 1 aliphatic rings. The van der Waals surface area contributed by atoms with Gasteiger partial charge in [0.15, 0.2) is 0 Å². The van der Waals surface area contributed by atoms with E-state index < -0.39 is 0 Å². The van der Waals surface area contributed by atoms with E-state index in [4.69, 9.17) is 4.74 Å². The van der Waals surface area contributed by atoms with Gasteiger partial charge in [-0.2, -0.15) is 4.98 Å². The summed E-state index contributed by atoms with van der Waals surface area (Å²) in [4.78, 5) is 4.43. The molecule has 0 atom stereocenters. The molecule has 0 unspecified atom stereocenters. The van der Waals surface area contributed by atoms with Crippen LogP contribution < -0.4 is 10.1 Å². The maximum Gasteiger partial charge on any atom is 0.335 e. The van der Waals surface area contributed by atoms with E-state index in [1.54, 1.807) is 0 Å². The van der Waals surface area contributed by atoms with Crippen molar-refractivity contribution in [3.05, 3.63) is 11.4 Å². The van der Waals surface area contributed by atoms with Crippen molar-refractivity contribution in [2.75, 3.05) is 19.7 Å². The zero-order valence-electron chi connectivity index (χ0n) is 11.3. The van der Waals surface area contributed by atoms with Gasteiger partial charge < -0.3 is 10.1 Å². The Labute approximate surface area is 108 Å². The average molecular weight is 250 g/mol. The summed E-state index contributed by atoms with van der Waals surface area (Å²) in [5.41, 5.74) is 1.99. The van der Waals surface area contributed by atoms with Gasteiger partial charge in [0, 0.05) is 0 Å². The Balaban J connectivity index is 1.92. The van der Waals surface area contributed by atoms with Crippen molar-refractivity contribution in [2.45, 2.75) is 39.5 Å². The van der Waals surface area contributed by atoms with Gasteiger partial charge in [-0.25, -0.2) is 0 Å². The summed E-state index contributed by atoms with van der Waals surface area (Å²) in [6.07, 6.45) is 4.09. The van der Waals surface area contributed by atoms with Gasteiger partial charge in [-0.1, -0.05) is 18.9 Å². The lowest BCUT2D eigenvalue weighted by Gasteiger charge is -2.22. The zero-order valence-corrected chi connectivity index (χ0v) is 11.3. The normalized spacial score (nSPS) is 16.8. The molecule has 2 heterocycles. The smallest absolute Gasteiger partial charge is 0.335 e. The second-order valence-corrected chi connectivity index (χ2v) is 4.70. The lowest BCUT2D eigenvalue weighted by atomic mass is 9.99. The first-order valence-electron chi connectivity index (χ1n) is 6.89. The molecule has 1 saturated heterocycles. The summed E-state index contributed by atoms with van der Waals surface area (Å²) < 4.78 is 5.67. The Bertz CT molecular complexity index is 377. The van der Waals surface area contributed by atoms with Crippen LogP contribution in [-0.4, -0.2) is 34.9 Å². The van der Waals surface area contributed by atoms with Gasteiger partial charge in [0.2, 0.25) is 0 Å². The third-order valence-electron chi connectivity index (χ3n) is 3.40. The highest BCUT2D eigenvalue weighted by atomic mass is 16.5. The highest BCUT2D eigenvalue weighted by Gasteiger charge is 2.15. The maximum atomic E-state index is 5.67. The minimum atomic E-state index is 0.433. The van der Waals surface area contributed by atoms with Crippen molar-refractivity contribution in [3.63, 3.8) is 0 Å². The number of rotatable bonds is 5. The number of nitrogens with one attached hydrogen (secondary N) is 1. The molecule has 100 valence electrons. The number of aryl methyl sites for hydroxylation is 2. The van der Waals surface area contributed by atoms with Crippen LogP contribution >= 0.6 is 0 Å². The number of hydrogen-bond donors (Lipinski definition) is 1. The van der Waals surface area contributed by atoms with E-state index in [-0.39, 0.29) is 0 Å². The molecule has 1 aliphatic heterocycles. The second-order valence-electron chi connectivity index (χ2n) is 4.70. The van der Waals surface area contributed by atoms with Crippen molar-refractivity contribution in [1.29, 1.82) is 0 Å². The van der Waals surface area contributed by atoms with Crippen LogP contribution in [0, 0.1) is 5.92 Å². The first-order chi connectivity index (χ1) is 8.83. The molecule has 0 aromatic carbocycles. The van der Waals surface area contributed by atoms with E-state index in [0.717, 1.165) is 37.3 Å². The van der Waals surface area contributed by atoms with Crippen LogP contribution in [0.4, 0.5) is 0 Å². The summed E-state index contributed by atoms with van der Waals surface area (Å²) in [7, 11) is 0. The largest absolute Gasteiger partial charge is 0.462 e. The van der Waals surface area contributed by atoms with Crippen molar-refractivity contribution in [3.8, 4) is 6.01 Å². The predicted octanol–water partition coefficient (Wildman–Crippen LogP) is 1.37. The van der Waals surface area contributed by atoms with Crippen LogP contribution in [0.1, 0.15) is 38.1 Å². The Morgan fingerprint density at radius 2 is 1.83 bits per heavy atom. The summed E-state index contributed by atoms with van der Waals surface area (Å²) >= 11 is 0. The van der Waals surface area contributed by atoms with Crippen LogP contribution in [0.2, 0.25) is 0 Å². The lowest BCUT2D eigenvalue weighted by molar-refractivity contribution is 0.199. The molecule has 0 saturated carbocycles. The van der Waals surface area contributed by atoms with Gasteiger partial charge in [0.05, 0.1) is 18.0 Å². The average Bonchev–Trinajstić information content (AvgIpc) is 2.45. The molecule has 1 fully saturated rings. The van der Waals surface area contributed by atoms with E-state index in [0.29, 0.717) is 18.5 Å². The first-order valence-corrected chi connectivity index (χ1v) is 6.89. The molecule has 1 aromatic rings. The quantitative estimate of drug-likeness (QED) is 0.855. The van der Waals surface area contributed by atoms with Gasteiger partial charge in [0.25, 0.3) is 0 Å². The van der Waals surface area contributed by atoms with Crippen molar-refractivity contribution < 1.29 is 4.74 Å². The number of aromatic nitrogens is 3. The summed E-state index contributed by atoms with van der Waals surface area (Å²) in [5.74, 6) is 0.616. The van der Waals surface area contributed by atoms with Gasteiger partial charge in [-0.15, -0.1) is 5.10 Å². The third-order valence-corrected chi connectivity index (χ3v) is 3.40. The molecule has 1 aromatic heterocycles. The van der Waals surface area contributed by atoms with Crippen LogP contribution in [0.25, 0.3) is 0 Å². The maximum absolute atomic E-state index is 5.67. The Morgan fingerprint density at radius 1 is 1.11 bits per heavy atom. The molecule has 0 radical (unpaired) electrons. The Morgan fingerprint density at radius 3 is 2.50 bits per heavy atom. The minimum Gasteiger partial charge on any atom is -0.462 e. The highest BCUT2D eigenvalue weighted by molar-refractivity contribution is 5.11. The summed E-state index contributed by atoms with van der Waals surface area (Å²) in [6.45, 7) is 7.03. The van der Waals surface area contributed by atoms with Crippen LogP contribution in [0.3, 0.4) is 0 Å². The third kappa shape index (κ3) is 3.38. The molecule has 0 amide bonds.